The Hall–Kier alpha value is -9.40. The van der Waals surface area contributed by atoms with Gasteiger partial charge in [0.1, 0.15) is 23.0 Å². The van der Waals surface area contributed by atoms with Gasteiger partial charge < -0.3 is 51.4 Å². The van der Waals surface area contributed by atoms with Gasteiger partial charge in [0.25, 0.3) is 23.6 Å². The number of carboxylic acid groups (broad SMARTS) is 1. The van der Waals surface area contributed by atoms with E-state index in [0.717, 1.165) is 23.9 Å². The van der Waals surface area contributed by atoms with Crippen LogP contribution in [0.25, 0.3) is 10.8 Å². The van der Waals surface area contributed by atoms with Gasteiger partial charge in [0, 0.05) is 29.3 Å². The third-order valence-corrected chi connectivity index (χ3v) is 9.67. The van der Waals surface area contributed by atoms with E-state index in [-0.39, 0.29) is 57.5 Å². The molecule has 7 aromatic rings. The standard InChI is InChI=1S/C44H36N10O11/c1-64-37-31(15-12-28(35(37)55)40(58)50-30-16-13-29(44(62)63)36(56)38(30)65-2)51-41(59)32-14-11-26(20-46-32)49-43(61)34(18-27-21-47-54-53-27)52-39(57)22-7-9-25(10-8-22)48-42(60)33-17-23-5-3-4-6-24(23)19-45-33/h3-17,19-21,34,55-56H,18H2,1-2H3,(H,48,60)(H,49,61)(H,50,58)(H,51,59)(H,52,57)(H,62,63)(H,47,53,54)/t34-/m0/s1. The van der Waals surface area contributed by atoms with E-state index in [1.807, 2.05) is 24.3 Å². The Bertz CT molecular complexity index is 2960. The number of carboxylic acids is 1. The van der Waals surface area contributed by atoms with Crippen LogP contribution in [0.1, 0.15) is 57.7 Å². The zero-order valence-corrected chi connectivity index (χ0v) is 34.1. The molecular weight excluding hydrogens is 845 g/mol. The van der Waals surface area contributed by atoms with Gasteiger partial charge in [-0.2, -0.15) is 15.4 Å². The summed E-state index contributed by atoms with van der Waals surface area (Å²) in [5.41, 5.74) is 0.316. The lowest BCUT2D eigenvalue weighted by atomic mass is 10.1. The molecule has 0 bridgehead atoms. The Labute approximate surface area is 366 Å². The number of carbonyl (C=O) groups is 6. The molecular formula is C44H36N10O11. The molecule has 7 rings (SSSR count). The number of aromatic carboxylic acids is 1. The van der Waals surface area contributed by atoms with Gasteiger partial charge in [-0.1, -0.05) is 24.3 Å². The van der Waals surface area contributed by atoms with Crippen molar-refractivity contribution >= 4 is 69.0 Å². The van der Waals surface area contributed by atoms with E-state index in [9.17, 15) is 44.1 Å². The van der Waals surface area contributed by atoms with Crippen LogP contribution in [0.4, 0.5) is 22.7 Å². The molecule has 0 saturated carbocycles. The lowest BCUT2D eigenvalue weighted by Gasteiger charge is -2.18. The number of hydrogen-bond acceptors (Lipinski definition) is 14. The summed E-state index contributed by atoms with van der Waals surface area (Å²) in [4.78, 5) is 86.0. The van der Waals surface area contributed by atoms with E-state index in [0.29, 0.717) is 11.4 Å². The second kappa shape index (κ2) is 19.1. The number of nitrogens with one attached hydrogen (secondary N) is 6. The molecule has 0 saturated heterocycles. The molecule has 0 aliphatic rings. The SMILES string of the molecule is COc1c(NC(=O)c2ccc(NC(=O)c3ccc(NC(=O)[C@H](Cc4cn[nH]n4)NC(=O)c4ccc(NC(=O)c5cc6ccccc6cn5)cc4)cn3)c(OC)c2O)ccc(C(=O)O)c1O. The highest BCUT2D eigenvalue weighted by Gasteiger charge is 2.26. The van der Waals surface area contributed by atoms with E-state index < -0.39 is 58.6 Å². The fourth-order valence-corrected chi connectivity index (χ4v) is 6.41. The molecule has 1 atom stereocenters. The number of rotatable bonds is 15. The Morgan fingerprint density at radius 1 is 0.631 bits per heavy atom. The van der Waals surface area contributed by atoms with Crippen LogP contribution in [0.2, 0.25) is 0 Å². The van der Waals surface area contributed by atoms with Gasteiger partial charge in [-0.15, -0.1) is 0 Å². The number of H-pyrrole nitrogens is 1. The summed E-state index contributed by atoms with van der Waals surface area (Å²) in [7, 11) is 2.35. The molecule has 9 N–H and O–H groups in total. The van der Waals surface area contributed by atoms with Crippen LogP contribution in [0.3, 0.4) is 0 Å². The van der Waals surface area contributed by atoms with Crippen LogP contribution >= 0.6 is 0 Å². The third kappa shape index (κ3) is 9.89. The van der Waals surface area contributed by atoms with Crippen LogP contribution < -0.4 is 36.1 Å². The monoisotopic (exact) mass is 880 g/mol. The molecule has 4 aromatic carbocycles. The third-order valence-electron chi connectivity index (χ3n) is 9.67. The maximum Gasteiger partial charge on any atom is 0.339 e. The first-order valence-electron chi connectivity index (χ1n) is 19.2. The van der Waals surface area contributed by atoms with Gasteiger partial charge in [0.15, 0.2) is 23.0 Å². The number of carbonyl (C=O) groups excluding carboxylic acids is 5. The first-order chi connectivity index (χ1) is 31.3. The number of aromatic hydroxyl groups is 2. The van der Waals surface area contributed by atoms with Crippen LogP contribution in [0.15, 0.2) is 110 Å². The number of benzene rings is 4. The van der Waals surface area contributed by atoms with E-state index in [1.165, 1.54) is 74.1 Å². The smallest absolute Gasteiger partial charge is 0.339 e. The number of nitrogens with zero attached hydrogens (tertiary/aromatic N) is 4. The predicted octanol–water partition coefficient (Wildman–Crippen LogP) is 4.61. The topological polar surface area (TPSA) is 309 Å². The number of phenolic OH excluding ortho intramolecular Hbond substituents is 1. The molecule has 65 heavy (non-hydrogen) atoms. The second-order valence-electron chi connectivity index (χ2n) is 13.9. The molecule has 3 aromatic heterocycles. The van der Waals surface area contributed by atoms with Gasteiger partial charge in [0.05, 0.1) is 54.9 Å². The second-order valence-corrected chi connectivity index (χ2v) is 13.9. The van der Waals surface area contributed by atoms with Crippen molar-refractivity contribution in [2.75, 3.05) is 35.5 Å². The molecule has 21 nitrogen and oxygen atoms in total. The van der Waals surface area contributed by atoms with Crippen LogP contribution in [0.5, 0.6) is 23.0 Å². The highest BCUT2D eigenvalue weighted by atomic mass is 16.5. The largest absolute Gasteiger partial charge is 0.504 e. The highest BCUT2D eigenvalue weighted by molar-refractivity contribution is 6.10. The summed E-state index contributed by atoms with van der Waals surface area (Å²) in [6, 6.07) is 21.5. The van der Waals surface area contributed by atoms with Crippen molar-refractivity contribution in [1.29, 1.82) is 0 Å². The minimum absolute atomic E-state index is 0.0455. The van der Waals surface area contributed by atoms with Crippen molar-refractivity contribution in [3.05, 3.63) is 143 Å². The lowest BCUT2D eigenvalue weighted by Crippen LogP contribution is -2.45. The van der Waals surface area contributed by atoms with Crippen molar-refractivity contribution in [2.45, 2.75) is 12.5 Å². The number of hydrogen-bond donors (Lipinski definition) is 9. The van der Waals surface area contributed by atoms with E-state index in [1.54, 1.807) is 12.3 Å². The number of fused-ring (bicyclic) bond motifs is 1. The predicted molar refractivity (Wildman–Crippen MR) is 233 cm³/mol. The van der Waals surface area contributed by atoms with Crippen LogP contribution in [0, 0.1) is 0 Å². The number of ether oxygens (including phenoxy) is 2. The summed E-state index contributed by atoms with van der Waals surface area (Å²) in [5, 5.41) is 55.6. The Morgan fingerprint density at radius 2 is 1.25 bits per heavy atom. The van der Waals surface area contributed by atoms with Crippen molar-refractivity contribution < 1.29 is 53.6 Å². The molecule has 0 aliphatic heterocycles. The minimum atomic E-state index is -1.43. The maximum absolute atomic E-state index is 13.6. The summed E-state index contributed by atoms with van der Waals surface area (Å²) in [6.07, 6.45) is 4.16. The van der Waals surface area contributed by atoms with Crippen molar-refractivity contribution in [3.8, 4) is 23.0 Å². The molecule has 0 fully saturated rings. The first-order valence-corrected chi connectivity index (χ1v) is 19.2. The van der Waals surface area contributed by atoms with Gasteiger partial charge in [0.2, 0.25) is 5.91 Å². The summed E-state index contributed by atoms with van der Waals surface area (Å²) < 4.78 is 10.4. The number of methoxy groups -OCH3 is 2. The normalized spacial score (nSPS) is 11.2. The molecule has 0 aliphatic carbocycles. The zero-order valence-electron chi connectivity index (χ0n) is 34.1. The fraction of sp³-hybridized carbons (Fsp3) is 0.0909. The van der Waals surface area contributed by atoms with Crippen molar-refractivity contribution in [2.24, 2.45) is 0 Å². The Kier molecular flexibility index (Phi) is 12.8. The number of aromatic nitrogens is 5. The average molecular weight is 881 g/mol. The number of aromatic amines is 1. The molecule has 5 amide bonds. The van der Waals surface area contributed by atoms with Crippen LogP contribution in [-0.4, -0.2) is 96.5 Å². The van der Waals surface area contributed by atoms with Crippen LogP contribution in [-0.2, 0) is 11.2 Å². The Balaban J connectivity index is 0.980. The molecule has 0 radical (unpaired) electrons. The minimum Gasteiger partial charge on any atom is -0.504 e. The fourth-order valence-electron chi connectivity index (χ4n) is 6.41. The molecule has 3 heterocycles. The summed E-state index contributed by atoms with van der Waals surface area (Å²) in [6.45, 7) is 0. The van der Waals surface area contributed by atoms with Crippen molar-refractivity contribution in [1.82, 2.24) is 30.7 Å². The van der Waals surface area contributed by atoms with E-state index >= 15 is 0 Å². The number of phenols is 2. The average Bonchev–Trinajstić information content (AvgIpc) is 3.82. The van der Waals surface area contributed by atoms with Gasteiger partial charge in [-0.3, -0.25) is 29.0 Å². The Morgan fingerprint density at radius 3 is 1.88 bits per heavy atom. The number of amides is 5. The van der Waals surface area contributed by atoms with Gasteiger partial charge in [-0.05, 0) is 72.1 Å². The molecule has 0 spiro atoms. The number of anilines is 4. The van der Waals surface area contributed by atoms with Crippen molar-refractivity contribution in [3.63, 3.8) is 0 Å². The summed E-state index contributed by atoms with van der Waals surface area (Å²) >= 11 is 0. The maximum atomic E-state index is 13.6. The quantitative estimate of drug-likeness (QED) is 0.0679. The number of pyridine rings is 2. The highest BCUT2D eigenvalue weighted by Crippen LogP contribution is 2.40. The lowest BCUT2D eigenvalue weighted by molar-refractivity contribution is -0.118. The molecule has 21 heteroatoms. The molecule has 0 unspecified atom stereocenters. The van der Waals surface area contributed by atoms with E-state index in [4.69, 9.17) is 9.47 Å². The first kappa shape index (κ1) is 43.7. The zero-order chi connectivity index (χ0) is 46.2. The molecule has 328 valence electrons. The van der Waals surface area contributed by atoms with E-state index in [2.05, 4.69) is 52.0 Å². The van der Waals surface area contributed by atoms with Gasteiger partial charge in [-0.25, -0.2) is 9.78 Å². The summed E-state index contributed by atoms with van der Waals surface area (Å²) in [5.74, 6) is -6.78. The van der Waals surface area contributed by atoms with Gasteiger partial charge >= 0.3 is 5.97 Å².